The zero-order valence-electron chi connectivity index (χ0n) is 17.7. The maximum absolute atomic E-state index is 12.1. The molecular formula is C21H24O12. The minimum atomic E-state index is -0.803. The highest BCUT2D eigenvalue weighted by Crippen LogP contribution is 2.31. The first-order valence-corrected chi connectivity index (χ1v) is 10.4. The average molecular weight is 468 g/mol. The van der Waals surface area contributed by atoms with E-state index in [2.05, 4.69) is 0 Å². The molecular weight excluding hydrogens is 444 g/mol. The van der Waals surface area contributed by atoms with Crippen molar-refractivity contribution in [2.75, 3.05) is 26.4 Å². The highest BCUT2D eigenvalue weighted by atomic mass is 16.7. The first-order chi connectivity index (χ1) is 15.8. The molecule has 8 atom stereocenters. The van der Waals surface area contributed by atoms with Gasteiger partial charge in [0.05, 0.1) is 26.4 Å². The average Bonchev–Trinajstić information content (AvgIpc) is 3.52. The molecule has 180 valence electrons. The SMILES string of the molecule is CC(=O)/C=C\C(=O)O[C@@H]1CO[C@H]2[C@@H]1OC[C@@H]2OC(=O)/C=C\C(=O)O[C@@H]1CO[C@H]2[C@@H]1OC[C@@H]2O. The number of hydrogen-bond donors (Lipinski definition) is 1. The zero-order chi connectivity index (χ0) is 23.5. The van der Waals surface area contributed by atoms with Crippen LogP contribution in [0.4, 0.5) is 0 Å². The maximum Gasteiger partial charge on any atom is 0.331 e. The summed E-state index contributed by atoms with van der Waals surface area (Å²) in [5.74, 6) is -2.58. The van der Waals surface area contributed by atoms with Gasteiger partial charge in [-0.2, -0.15) is 0 Å². The van der Waals surface area contributed by atoms with Gasteiger partial charge in [-0.05, 0) is 13.0 Å². The van der Waals surface area contributed by atoms with Crippen molar-refractivity contribution in [2.45, 2.75) is 55.8 Å². The number of aliphatic hydroxyl groups excluding tert-OH is 1. The molecule has 0 aromatic carbocycles. The lowest BCUT2D eigenvalue weighted by molar-refractivity contribution is -0.151. The van der Waals surface area contributed by atoms with E-state index in [-0.39, 0.29) is 32.2 Å². The molecule has 4 aliphatic heterocycles. The van der Waals surface area contributed by atoms with E-state index in [1.54, 1.807) is 0 Å². The molecule has 0 radical (unpaired) electrons. The molecule has 33 heavy (non-hydrogen) atoms. The van der Waals surface area contributed by atoms with E-state index < -0.39 is 66.7 Å². The van der Waals surface area contributed by atoms with Crippen LogP contribution in [0.3, 0.4) is 0 Å². The Bertz CT molecular complexity index is 850. The first kappa shape index (κ1) is 23.5. The number of ketones is 1. The minimum absolute atomic E-state index is 0.0266. The molecule has 12 nitrogen and oxygen atoms in total. The molecule has 0 unspecified atom stereocenters. The van der Waals surface area contributed by atoms with Crippen LogP contribution in [0.1, 0.15) is 6.92 Å². The van der Waals surface area contributed by atoms with Crippen molar-refractivity contribution in [3.8, 4) is 0 Å². The van der Waals surface area contributed by atoms with E-state index in [1.165, 1.54) is 6.92 Å². The van der Waals surface area contributed by atoms with Gasteiger partial charge in [-0.25, -0.2) is 14.4 Å². The number of carbonyl (C=O) groups is 4. The van der Waals surface area contributed by atoms with Crippen molar-refractivity contribution in [1.29, 1.82) is 0 Å². The van der Waals surface area contributed by atoms with Crippen LogP contribution in [0, 0.1) is 0 Å². The van der Waals surface area contributed by atoms with Gasteiger partial charge in [-0.1, -0.05) is 0 Å². The van der Waals surface area contributed by atoms with Crippen LogP contribution in [0.5, 0.6) is 0 Å². The lowest BCUT2D eigenvalue weighted by atomic mass is 10.1. The Morgan fingerprint density at radius 2 is 1.00 bits per heavy atom. The standard InChI is InChI=1S/C21H24O12/c1-10(22)2-3-15(24)32-13-8-29-21-14(9-30-20(13)21)33-17(26)5-4-16(25)31-12-7-28-18-11(23)6-27-19(12)18/h2-5,11-14,18-21,23H,6-9H2,1H3/b3-2-,5-4-/t11-,12+,13+,14-,18+,19+,20+,21+/m0/s1. The molecule has 0 aromatic heterocycles. The Labute approximate surface area is 188 Å². The van der Waals surface area contributed by atoms with Crippen LogP contribution in [-0.4, -0.2) is 104 Å². The molecule has 0 saturated carbocycles. The van der Waals surface area contributed by atoms with Crippen LogP contribution < -0.4 is 0 Å². The largest absolute Gasteiger partial charge is 0.454 e. The summed E-state index contributed by atoms with van der Waals surface area (Å²) in [4.78, 5) is 46.8. The number of allylic oxidation sites excluding steroid dienone is 1. The Morgan fingerprint density at radius 3 is 1.45 bits per heavy atom. The Balaban J connectivity index is 1.22. The van der Waals surface area contributed by atoms with Gasteiger partial charge in [0.2, 0.25) is 0 Å². The third-order valence-electron chi connectivity index (χ3n) is 5.56. The summed E-state index contributed by atoms with van der Waals surface area (Å²) in [7, 11) is 0. The van der Waals surface area contributed by atoms with Crippen molar-refractivity contribution >= 4 is 23.7 Å². The molecule has 4 fully saturated rings. The van der Waals surface area contributed by atoms with Gasteiger partial charge in [0, 0.05) is 18.2 Å². The third kappa shape index (κ3) is 5.47. The lowest BCUT2D eigenvalue weighted by Gasteiger charge is -2.16. The normalized spacial score (nSPS) is 37.3. The van der Waals surface area contributed by atoms with Crippen LogP contribution in [-0.2, 0) is 52.3 Å². The lowest BCUT2D eigenvalue weighted by Crippen LogP contribution is -2.35. The van der Waals surface area contributed by atoms with Crippen molar-refractivity contribution in [1.82, 2.24) is 0 Å². The molecule has 4 aliphatic rings. The van der Waals surface area contributed by atoms with Gasteiger partial charge in [0.25, 0.3) is 0 Å². The van der Waals surface area contributed by atoms with Crippen molar-refractivity contribution in [3.05, 3.63) is 24.3 Å². The highest BCUT2D eigenvalue weighted by Gasteiger charge is 2.51. The summed E-state index contributed by atoms with van der Waals surface area (Å²) in [6, 6.07) is 0. The van der Waals surface area contributed by atoms with E-state index >= 15 is 0 Å². The van der Waals surface area contributed by atoms with E-state index in [0.29, 0.717) is 0 Å². The Kier molecular flexibility index (Phi) is 7.20. The first-order valence-electron chi connectivity index (χ1n) is 10.4. The molecule has 0 spiro atoms. The Hall–Kier alpha value is -2.64. The highest BCUT2D eigenvalue weighted by molar-refractivity contribution is 5.94. The fourth-order valence-electron chi connectivity index (χ4n) is 4.06. The topological polar surface area (TPSA) is 153 Å². The molecule has 4 saturated heterocycles. The predicted octanol–water partition coefficient (Wildman–Crippen LogP) is -1.62. The molecule has 0 aliphatic carbocycles. The third-order valence-corrected chi connectivity index (χ3v) is 5.56. The smallest absolute Gasteiger partial charge is 0.331 e. The van der Waals surface area contributed by atoms with Crippen molar-refractivity contribution < 1.29 is 57.4 Å². The molecule has 12 heteroatoms. The number of rotatable bonds is 7. The second kappa shape index (κ2) is 10.1. The minimum Gasteiger partial charge on any atom is -0.454 e. The van der Waals surface area contributed by atoms with E-state index in [1.807, 2.05) is 0 Å². The summed E-state index contributed by atoms with van der Waals surface area (Å²) in [5, 5.41) is 9.71. The fraction of sp³-hybridized carbons (Fsp3) is 0.619. The molecule has 4 heterocycles. The molecule has 0 amide bonds. The molecule has 4 rings (SSSR count). The summed E-state index contributed by atoms with van der Waals surface area (Å²) >= 11 is 0. The van der Waals surface area contributed by atoms with Gasteiger partial charge < -0.3 is 38.3 Å². The van der Waals surface area contributed by atoms with E-state index in [9.17, 15) is 24.3 Å². The Morgan fingerprint density at radius 1 is 0.636 bits per heavy atom. The van der Waals surface area contributed by atoms with Gasteiger partial charge in [0.15, 0.2) is 24.1 Å². The summed E-state index contributed by atoms with van der Waals surface area (Å²) in [6.07, 6.45) is -1.28. The van der Waals surface area contributed by atoms with Gasteiger partial charge >= 0.3 is 17.9 Å². The van der Waals surface area contributed by atoms with Crippen LogP contribution >= 0.6 is 0 Å². The second-order valence-electron chi connectivity index (χ2n) is 7.96. The van der Waals surface area contributed by atoms with E-state index in [4.69, 9.17) is 33.2 Å². The van der Waals surface area contributed by atoms with Crippen LogP contribution in [0.15, 0.2) is 24.3 Å². The summed E-state index contributed by atoms with van der Waals surface area (Å²) in [5.41, 5.74) is 0. The molecule has 0 bridgehead atoms. The number of fused-ring (bicyclic) bond motifs is 2. The van der Waals surface area contributed by atoms with Crippen LogP contribution in [0.2, 0.25) is 0 Å². The summed E-state index contributed by atoms with van der Waals surface area (Å²) in [6.45, 7) is 1.58. The fourth-order valence-corrected chi connectivity index (χ4v) is 4.06. The number of esters is 3. The molecule has 0 aromatic rings. The quantitative estimate of drug-likeness (QED) is 0.259. The number of aliphatic hydroxyl groups is 1. The van der Waals surface area contributed by atoms with E-state index in [0.717, 1.165) is 24.3 Å². The monoisotopic (exact) mass is 468 g/mol. The van der Waals surface area contributed by atoms with Gasteiger partial charge in [-0.3, -0.25) is 4.79 Å². The van der Waals surface area contributed by atoms with Gasteiger partial charge in [-0.15, -0.1) is 0 Å². The number of ether oxygens (including phenoxy) is 7. The van der Waals surface area contributed by atoms with Gasteiger partial charge in [0.1, 0.15) is 30.5 Å². The van der Waals surface area contributed by atoms with Crippen molar-refractivity contribution in [2.24, 2.45) is 0 Å². The second-order valence-corrected chi connectivity index (χ2v) is 7.96. The number of hydrogen-bond acceptors (Lipinski definition) is 12. The predicted molar refractivity (Wildman–Crippen MR) is 104 cm³/mol. The maximum atomic E-state index is 12.1. The summed E-state index contributed by atoms with van der Waals surface area (Å²) < 4.78 is 37.6. The van der Waals surface area contributed by atoms with Crippen LogP contribution in [0.25, 0.3) is 0 Å². The molecule has 1 N–H and O–H groups in total. The van der Waals surface area contributed by atoms with Crippen molar-refractivity contribution in [3.63, 3.8) is 0 Å². The zero-order valence-corrected chi connectivity index (χ0v) is 17.7. The number of carbonyl (C=O) groups excluding carboxylic acids is 4.